The van der Waals surface area contributed by atoms with Crippen LogP contribution >= 0.6 is 0 Å². The molecule has 0 radical (unpaired) electrons. The van der Waals surface area contributed by atoms with E-state index in [0.29, 0.717) is 48.4 Å². The molecule has 252 valence electrons. The molecular weight excluding hydrogens is 634 g/mol. The number of aryl methyl sites for hydroxylation is 1. The summed E-state index contributed by atoms with van der Waals surface area (Å²) in [5, 5.41) is 20.0. The van der Waals surface area contributed by atoms with Crippen molar-refractivity contribution in [1.82, 2.24) is 14.7 Å². The minimum absolute atomic E-state index is 0.0246. The van der Waals surface area contributed by atoms with Crippen LogP contribution in [0.5, 0.6) is 5.75 Å². The molecule has 2 unspecified atom stereocenters. The van der Waals surface area contributed by atoms with Crippen LogP contribution in [-0.4, -0.2) is 80.8 Å². The maximum atomic E-state index is 14.7. The van der Waals surface area contributed by atoms with Gasteiger partial charge >= 0.3 is 12.2 Å². The first-order valence-electron chi connectivity index (χ1n) is 15.7. The SMILES string of the molecule is O=C(O)N1CC2CC(c3ccc(CCCOc4c(F)ccc(F)c4F)cc3)=C(C(=O)N(Cc3ccccc3F)C3CC3)C(C1)N2C(=O)O. The second-order valence-corrected chi connectivity index (χ2v) is 12.2. The summed E-state index contributed by atoms with van der Waals surface area (Å²) in [4.78, 5) is 42.9. The van der Waals surface area contributed by atoms with E-state index in [-0.39, 0.29) is 44.3 Å². The molecule has 2 N–H and O–H groups in total. The van der Waals surface area contributed by atoms with E-state index in [1.54, 1.807) is 35.2 Å². The third kappa shape index (κ3) is 6.67. The van der Waals surface area contributed by atoms with Gasteiger partial charge in [0, 0.05) is 36.8 Å². The summed E-state index contributed by atoms with van der Waals surface area (Å²) in [6.07, 6.45) is -0.171. The summed E-state index contributed by atoms with van der Waals surface area (Å²) in [5.41, 5.74) is 2.59. The first kappa shape index (κ1) is 32.9. The van der Waals surface area contributed by atoms with Gasteiger partial charge in [-0.05, 0) is 67.0 Å². The zero-order chi connectivity index (χ0) is 34.1. The van der Waals surface area contributed by atoms with E-state index >= 15 is 0 Å². The maximum Gasteiger partial charge on any atom is 0.408 e. The Morgan fingerprint density at radius 3 is 2.23 bits per heavy atom. The van der Waals surface area contributed by atoms with E-state index in [9.17, 15) is 42.2 Å². The number of rotatable bonds is 10. The van der Waals surface area contributed by atoms with Crippen molar-refractivity contribution in [2.24, 2.45) is 0 Å². The molecule has 3 aromatic carbocycles. The Bertz CT molecular complexity index is 1760. The van der Waals surface area contributed by atoms with Gasteiger partial charge in [0.1, 0.15) is 5.82 Å². The molecule has 3 aromatic rings. The Balaban J connectivity index is 1.29. The fraction of sp³-hybridized carbons (Fsp3) is 0.343. The summed E-state index contributed by atoms with van der Waals surface area (Å²) in [5.74, 6) is -5.31. The van der Waals surface area contributed by atoms with Crippen LogP contribution in [0, 0.1) is 23.3 Å². The molecule has 2 aliphatic heterocycles. The zero-order valence-corrected chi connectivity index (χ0v) is 25.8. The van der Waals surface area contributed by atoms with Crippen LogP contribution in [0.3, 0.4) is 0 Å². The second-order valence-electron chi connectivity index (χ2n) is 12.2. The van der Waals surface area contributed by atoms with Gasteiger partial charge in [-0.25, -0.2) is 22.8 Å². The summed E-state index contributed by atoms with van der Waals surface area (Å²) in [6.45, 7) is -0.389. The third-order valence-corrected chi connectivity index (χ3v) is 9.08. The smallest absolute Gasteiger partial charge is 0.408 e. The van der Waals surface area contributed by atoms with Gasteiger partial charge in [0.2, 0.25) is 5.82 Å². The molecule has 2 fully saturated rings. The number of amides is 3. The van der Waals surface area contributed by atoms with E-state index < -0.39 is 59.2 Å². The minimum Gasteiger partial charge on any atom is -0.488 e. The molecule has 0 aromatic heterocycles. The lowest BCUT2D eigenvalue weighted by atomic mass is 9.81. The molecule has 0 spiro atoms. The number of fused-ring (bicyclic) bond motifs is 2. The lowest BCUT2D eigenvalue weighted by molar-refractivity contribution is -0.129. The van der Waals surface area contributed by atoms with Gasteiger partial charge in [-0.3, -0.25) is 9.69 Å². The van der Waals surface area contributed by atoms with Crippen molar-refractivity contribution < 1.29 is 46.9 Å². The predicted octanol–water partition coefficient (Wildman–Crippen LogP) is 6.31. The van der Waals surface area contributed by atoms with Crippen LogP contribution in [-0.2, 0) is 17.8 Å². The van der Waals surface area contributed by atoms with Crippen LogP contribution in [0.15, 0.2) is 66.2 Å². The Kier molecular flexibility index (Phi) is 9.29. The van der Waals surface area contributed by atoms with Gasteiger partial charge < -0.3 is 24.7 Å². The van der Waals surface area contributed by atoms with Crippen LogP contribution in [0.4, 0.5) is 27.2 Å². The highest BCUT2D eigenvalue weighted by atomic mass is 19.2. The number of ether oxygens (including phenoxy) is 1. The molecule has 6 rings (SSSR count). The van der Waals surface area contributed by atoms with Gasteiger partial charge in [0.05, 0.1) is 18.7 Å². The highest BCUT2D eigenvalue weighted by Crippen LogP contribution is 2.41. The molecule has 48 heavy (non-hydrogen) atoms. The van der Waals surface area contributed by atoms with Crippen molar-refractivity contribution in [2.75, 3.05) is 19.7 Å². The number of nitrogens with zero attached hydrogens (tertiary/aromatic N) is 3. The van der Waals surface area contributed by atoms with Crippen LogP contribution in [0.2, 0.25) is 0 Å². The van der Waals surface area contributed by atoms with Crippen molar-refractivity contribution in [2.45, 2.75) is 56.8 Å². The fourth-order valence-electron chi connectivity index (χ4n) is 6.58. The van der Waals surface area contributed by atoms with Crippen molar-refractivity contribution in [3.05, 3.63) is 106 Å². The number of benzene rings is 3. The molecule has 13 heteroatoms. The topological polar surface area (TPSA) is 111 Å². The lowest BCUT2D eigenvalue weighted by Crippen LogP contribution is -2.65. The van der Waals surface area contributed by atoms with Crippen LogP contribution in [0.25, 0.3) is 5.57 Å². The number of hydrogen-bond donors (Lipinski definition) is 2. The Labute approximate surface area is 273 Å². The maximum absolute atomic E-state index is 14.7. The van der Waals surface area contributed by atoms with E-state index in [1.807, 2.05) is 12.1 Å². The van der Waals surface area contributed by atoms with E-state index in [0.717, 1.165) is 16.5 Å². The molecule has 9 nitrogen and oxygen atoms in total. The molecule has 1 aliphatic carbocycles. The lowest BCUT2D eigenvalue weighted by Gasteiger charge is -2.49. The summed E-state index contributed by atoms with van der Waals surface area (Å²) >= 11 is 0. The number of halogens is 4. The van der Waals surface area contributed by atoms with Gasteiger partial charge in [0.15, 0.2) is 17.4 Å². The average molecular weight is 668 g/mol. The molecule has 2 bridgehead atoms. The van der Waals surface area contributed by atoms with Gasteiger partial charge in [-0.2, -0.15) is 4.39 Å². The third-order valence-electron chi connectivity index (χ3n) is 9.08. The number of carbonyl (C=O) groups is 3. The highest BCUT2D eigenvalue weighted by Gasteiger charge is 2.49. The largest absolute Gasteiger partial charge is 0.488 e. The standard InChI is InChI=1S/C35H33F4N3O6/c36-26-6-2-1-5-22(26)17-41(23-11-12-23)33(43)30-25(16-24-18-40(34(44)45)19-29(30)42(24)35(46)47)21-9-7-20(8-10-21)4-3-15-48-32-28(38)14-13-27(37)31(32)39/h1-2,5-10,13-14,23-24,29H,3-4,11-12,15-19H2,(H,44,45)(H,46,47). The van der Waals surface area contributed by atoms with Crippen LogP contribution in [0.1, 0.15) is 42.4 Å². The number of piperazine rings is 1. The van der Waals surface area contributed by atoms with Gasteiger partial charge in [-0.1, -0.05) is 42.5 Å². The van der Waals surface area contributed by atoms with Crippen molar-refractivity contribution in [1.29, 1.82) is 0 Å². The number of carbonyl (C=O) groups excluding carboxylic acids is 1. The highest BCUT2D eigenvalue weighted by molar-refractivity contribution is 6.04. The molecule has 2 heterocycles. The van der Waals surface area contributed by atoms with Gasteiger partial charge in [-0.15, -0.1) is 0 Å². The van der Waals surface area contributed by atoms with Crippen molar-refractivity contribution >= 4 is 23.7 Å². The summed E-state index contributed by atoms with van der Waals surface area (Å²) < 4.78 is 61.1. The Morgan fingerprint density at radius 1 is 0.854 bits per heavy atom. The first-order valence-corrected chi connectivity index (χ1v) is 15.7. The zero-order valence-electron chi connectivity index (χ0n) is 25.8. The monoisotopic (exact) mass is 667 g/mol. The molecule has 2 atom stereocenters. The Morgan fingerprint density at radius 2 is 1.56 bits per heavy atom. The number of carboxylic acid groups (broad SMARTS) is 2. The van der Waals surface area contributed by atoms with E-state index in [4.69, 9.17) is 4.74 Å². The second kappa shape index (κ2) is 13.6. The summed E-state index contributed by atoms with van der Waals surface area (Å²) in [7, 11) is 0. The van der Waals surface area contributed by atoms with Crippen LogP contribution < -0.4 is 4.74 Å². The number of hydrogen-bond acceptors (Lipinski definition) is 4. The Hall–Kier alpha value is -5.07. The molecule has 3 amide bonds. The molecule has 1 saturated carbocycles. The first-order chi connectivity index (χ1) is 23.0. The summed E-state index contributed by atoms with van der Waals surface area (Å²) in [6, 6.07) is 12.9. The van der Waals surface area contributed by atoms with E-state index in [1.165, 1.54) is 11.0 Å². The predicted molar refractivity (Wildman–Crippen MR) is 165 cm³/mol. The van der Waals surface area contributed by atoms with Gasteiger partial charge in [0.25, 0.3) is 5.91 Å². The van der Waals surface area contributed by atoms with Crippen molar-refractivity contribution in [3.8, 4) is 5.75 Å². The normalized spacial score (nSPS) is 18.9. The molecular formula is C35H33F4N3O6. The minimum atomic E-state index is -1.39. The molecule has 1 saturated heterocycles. The fourth-order valence-corrected chi connectivity index (χ4v) is 6.58. The molecule has 3 aliphatic rings. The average Bonchev–Trinajstić information content (AvgIpc) is 3.90. The van der Waals surface area contributed by atoms with E-state index in [2.05, 4.69) is 0 Å². The van der Waals surface area contributed by atoms with Crippen molar-refractivity contribution in [3.63, 3.8) is 0 Å². The quantitative estimate of drug-likeness (QED) is 0.149.